The first-order valence-electron chi connectivity index (χ1n) is 5.13. The maximum Gasteiger partial charge on any atom is 0.123 e. The highest BCUT2D eigenvalue weighted by Gasteiger charge is 2.11. The highest BCUT2D eigenvalue weighted by molar-refractivity contribution is 6.31. The fourth-order valence-corrected chi connectivity index (χ4v) is 1.95. The molecule has 0 saturated carbocycles. The van der Waals surface area contributed by atoms with E-state index in [2.05, 4.69) is 10.2 Å². The van der Waals surface area contributed by atoms with Crippen LogP contribution in [-0.2, 0) is 6.54 Å². The van der Waals surface area contributed by atoms with E-state index in [1.807, 2.05) is 0 Å². The van der Waals surface area contributed by atoms with Gasteiger partial charge in [-0.1, -0.05) is 11.6 Å². The minimum absolute atomic E-state index is 0.218. The number of rotatable bonds is 2. The average molecular weight is 229 g/mol. The van der Waals surface area contributed by atoms with Crippen LogP contribution < -0.4 is 5.32 Å². The van der Waals surface area contributed by atoms with E-state index in [9.17, 15) is 4.39 Å². The van der Waals surface area contributed by atoms with Crippen molar-refractivity contribution in [2.75, 3.05) is 26.2 Å². The Morgan fingerprint density at radius 3 is 2.80 bits per heavy atom. The quantitative estimate of drug-likeness (QED) is 0.832. The highest BCUT2D eigenvalue weighted by Crippen LogP contribution is 2.18. The van der Waals surface area contributed by atoms with Gasteiger partial charge in [0.2, 0.25) is 0 Å². The molecule has 2 rings (SSSR count). The van der Waals surface area contributed by atoms with E-state index in [4.69, 9.17) is 11.6 Å². The minimum atomic E-state index is -0.218. The summed E-state index contributed by atoms with van der Waals surface area (Å²) in [6, 6.07) is 4.53. The molecule has 1 aliphatic heterocycles. The molecule has 4 heteroatoms. The molecule has 1 N–H and O–H groups in total. The Balaban J connectivity index is 2.05. The predicted octanol–water partition coefficient (Wildman–Crippen LogP) is 1.88. The minimum Gasteiger partial charge on any atom is -0.314 e. The second-order valence-corrected chi connectivity index (χ2v) is 4.17. The Bertz CT molecular complexity index is 337. The van der Waals surface area contributed by atoms with Crippen molar-refractivity contribution in [3.8, 4) is 0 Å². The predicted molar refractivity (Wildman–Crippen MR) is 59.6 cm³/mol. The van der Waals surface area contributed by atoms with Crippen LogP contribution in [0, 0.1) is 5.82 Å². The van der Waals surface area contributed by atoms with Crippen LogP contribution in [0.25, 0.3) is 0 Å². The molecule has 1 aliphatic rings. The molecule has 1 aromatic carbocycles. The summed E-state index contributed by atoms with van der Waals surface area (Å²) in [5.74, 6) is -0.218. The number of piperazine rings is 1. The molecule has 0 spiro atoms. The number of nitrogens with one attached hydrogen (secondary N) is 1. The molecule has 0 aliphatic carbocycles. The van der Waals surface area contributed by atoms with Gasteiger partial charge in [-0.3, -0.25) is 4.90 Å². The molecule has 1 fully saturated rings. The SMILES string of the molecule is Fc1ccc(Cl)c(CN2CCNCC2)c1. The second-order valence-electron chi connectivity index (χ2n) is 3.76. The maximum absolute atomic E-state index is 13.0. The lowest BCUT2D eigenvalue weighted by Gasteiger charge is -2.27. The molecule has 0 unspecified atom stereocenters. The van der Waals surface area contributed by atoms with Crippen molar-refractivity contribution in [2.45, 2.75) is 6.54 Å². The van der Waals surface area contributed by atoms with Crippen molar-refractivity contribution in [3.63, 3.8) is 0 Å². The molecule has 1 heterocycles. The van der Waals surface area contributed by atoms with Crippen LogP contribution in [0.1, 0.15) is 5.56 Å². The number of benzene rings is 1. The lowest BCUT2D eigenvalue weighted by Crippen LogP contribution is -2.42. The summed E-state index contributed by atoms with van der Waals surface area (Å²) in [6.07, 6.45) is 0. The smallest absolute Gasteiger partial charge is 0.123 e. The molecule has 0 atom stereocenters. The van der Waals surface area contributed by atoms with Gasteiger partial charge in [0, 0.05) is 37.7 Å². The lowest BCUT2D eigenvalue weighted by atomic mass is 10.2. The molecule has 0 bridgehead atoms. The van der Waals surface area contributed by atoms with Gasteiger partial charge in [0.1, 0.15) is 5.82 Å². The van der Waals surface area contributed by atoms with Crippen molar-refractivity contribution in [3.05, 3.63) is 34.6 Å². The Hall–Kier alpha value is -0.640. The monoisotopic (exact) mass is 228 g/mol. The molecule has 0 aromatic heterocycles. The summed E-state index contributed by atoms with van der Waals surface area (Å²) in [5, 5.41) is 3.93. The van der Waals surface area contributed by atoms with Crippen LogP contribution in [0.3, 0.4) is 0 Å². The highest BCUT2D eigenvalue weighted by atomic mass is 35.5. The van der Waals surface area contributed by atoms with Crippen LogP contribution in [0.5, 0.6) is 0 Å². The fraction of sp³-hybridized carbons (Fsp3) is 0.455. The summed E-state index contributed by atoms with van der Waals surface area (Å²) in [7, 11) is 0. The molecular weight excluding hydrogens is 215 g/mol. The van der Waals surface area contributed by atoms with Crippen LogP contribution >= 0.6 is 11.6 Å². The van der Waals surface area contributed by atoms with Gasteiger partial charge in [0.05, 0.1) is 0 Å². The summed E-state index contributed by atoms with van der Waals surface area (Å²) in [4.78, 5) is 2.27. The molecule has 2 nitrogen and oxygen atoms in total. The first-order chi connectivity index (χ1) is 7.25. The summed E-state index contributed by atoms with van der Waals surface area (Å²) in [5.41, 5.74) is 0.874. The summed E-state index contributed by atoms with van der Waals surface area (Å²) < 4.78 is 13.0. The van der Waals surface area contributed by atoms with E-state index in [-0.39, 0.29) is 5.82 Å². The maximum atomic E-state index is 13.0. The Kier molecular flexibility index (Phi) is 3.57. The number of hydrogen-bond acceptors (Lipinski definition) is 2. The zero-order valence-corrected chi connectivity index (χ0v) is 9.23. The van der Waals surface area contributed by atoms with Crippen LogP contribution in [0.2, 0.25) is 5.02 Å². The number of hydrogen-bond donors (Lipinski definition) is 1. The van der Waals surface area contributed by atoms with E-state index in [1.165, 1.54) is 12.1 Å². The standard InChI is InChI=1S/C11H14ClFN2/c12-11-2-1-10(13)7-9(11)8-15-5-3-14-4-6-15/h1-2,7,14H,3-6,8H2. The van der Waals surface area contributed by atoms with Gasteiger partial charge in [-0.15, -0.1) is 0 Å². The van der Waals surface area contributed by atoms with Gasteiger partial charge >= 0.3 is 0 Å². The van der Waals surface area contributed by atoms with Gasteiger partial charge in [0.15, 0.2) is 0 Å². The topological polar surface area (TPSA) is 15.3 Å². The van der Waals surface area contributed by atoms with Crippen molar-refractivity contribution in [2.24, 2.45) is 0 Å². The Labute approximate surface area is 94.0 Å². The van der Waals surface area contributed by atoms with Gasteiger partial charge in [0.25, 0.3) is 0 Å². The Morgan fingerprint density at radius 1 is 1.33 bits per heavy atom. The largest absolute Gasteiger partial charge is 0.314 e. The van der Waals surface area contributed by atoms with Crippen molar-refractivity contribution in [1.29, 1.82) is 0 Å². The van der Waals surface area contributed by atoms with Crippen molar-refractivity contribution in [1.82, 2.24) is 10.2 Å². The van der Waals surface area contributed by atoms with E-state index < -0.39 is 0 Å². The third-order valence-electron chi connectivity index (χ3n) is 2.61. The molecule has 15 heavy (non-hydrogen) atoms. The number of nitrogens with zero attached hydrogens (tertiary/aromatic N) is 1. The van der Waals surface area contributed by atoms with Gasteiger partial charge in [-0.05, 0) is 23.8 Å². The second kappa shape index (κ2) is 4.92. The fourth-order valence-electron chi connectivity index (χ4n) is 1.77. The third-order valence-corrected chi connectivity index (χ3v) is 2.98. The molecule has 0 radical (unpaired) electrons. The van der Waals surface area contributed by atoms with E-state index >= 15 is 0 Å². The molecule has 82 valence electrons. The zero-order chi connectivity index (χ0) is 10.7. The normalized spacial score (nSPS) is 18.0. The van der Waals surface area contributed by atoms with E-state index in [1.54, 1.807) is 6.07 Å². The average Bonchev–Trinajstić information content (AvgIpc) is 2.25. The van der Waals surface area contributed by atoms with Crippen molar-refractivity contribution >= 4 is 11.6 Å². The van der Waals surface area contributed by atoms with Crippen LogP contribution in [0.15, 0.2) is 18.2 Å². The molecular formula is C11H14ClFN2. The number of halogens is 2. The molecule has 1 saturated heterocycles. The summed E-state index contributed by atoms with van der Waals surface area (Å²) in [6.45, 7) is 4.71. The van der Waals surface area contributed by atoms with Gasteiger partial charge < -0.3 is 5.32 Å². The van der Waals surface area contributed by atoms with Crippen LogP contribution in [0.4, 0.5) is 4.39 Å². The molecule has 0 amide bonds. The van der Waals surface area contributed by atoms with Crippen LogP contribution in [-0.4, -0.2) is 31.1 Å². The van der Waals surface area contributed by atoms with Gasteiger partial charge in [-0.25, -0.2) is 4.39 Å². The summed E-state index contributed by atoms with van der Waals surface area (Å²) >= 11 is 6.01. The third kappa shape index (κ3) is 2.91. The van der Waals surface area contributed by atoms with E-state index in [0.29, 0.717) is 5.02 Å². The first kappa shape index (κ1) is 10.9. The first-order valence-corrected chi connectivity index (χ1v) is 5.50. The Morgan fingerprint density at radius 2 is 2.07 bits per heavy atom. The lowest BCUT2D eigenvalue weighted by molar-refractivity contribution is 0.233. The van der Waals surface area contributed by atoms with Crippen molar-refractivity contribution < 1.29 is 4.39 Å². The van der Waals surface area contributed by atoms with E-state index in [0.717, 1.165) is 38.3 Å². The molecule has 1 aromatic rings. The van der Waals surface area contributed by atoms with Gasteiger partial charge in [-0.2, -0.15) is 0 Å². The zero-order valence-electron chi connectivity index (χ0n) is 8.47.